The van der Waals surface area contributed by atoms with Crippen molar-refractivity contribution in [2.45, 2.75) is 45.4 Å². The van der Waals surface area contributed by atoms with E-state index in [9.17, 15) is 0 Å². The van der Waals surface area contributed by atoms with Crippen LogP contribution in [0.15, 0.2) is 150 Å². The molecular formula is C53H41BN2O. The molecule has 8 aromatic carbocycles. The second-order valence-electron chi connectivity index (χ2n) is 17.9. The van der Waals surface area contributed by atoms with Gasteiger partial charge in [0.25, 0.3) is 0 Å². The number of rotatable bonds is 3. The summed E-state index contributed by atoms with van der Waals surface area (Å²) in [6.45, 7) is 11.6. The van der Waals surface area contributed by atoms with Crippen LogP contribution in [0.4, 0.5) is 11.4 Å². The summed E-state index contributed by atoms with van der Waals surface area (Å²) in [6.07, 6.45) is 0. The highest BCUT2D eigenvalue weighted by Gasteiger charge is 2.37. The van der Waals surface area contributed by atoms with Crippen LogP contribution in [-0.4, -0.2) is 11.8 Å². The number of nitrogens with one attached hydrogen (secondary N) is 1. The van der Waals surface area contributed by atoms with Crippen LogP contribution in [0.3, 0.4) is 0 Å². The number of furan rings is 1. The fourth-order valence-electron chi connectivity index (χ4n) is 10.2. The Morgan fingerprint density at radius 1 is 0.579 bits per heavy atom. The molecule has 0 atom stereocenters. The Bertz CT molecular complexity index is 3350. The van der Waals surface area contributed by atoms with E-state index >= 15 is 0 Å². The summed E-state index contributed by atoms with van der Waals surface area (Å²) < 4.78 is 9.11. The molecule has 2 aliphatic rings. The van der Waals surface area contributed by atoms with Gasteiger partial charge in [0.2, 0.25) is 0 Å². The van der Waals surface area contributed by atoms with Crippen LogP contribution >= 0.6 is 0 Å². The van der Waals surface area contributed by atoms with Gasteiger partial charge in [0.1, 0.15) is 11.2 Å². The van der Waals surface area contributed by atoms with Gasteiger partial charge < -0.3 is 14.3 Å². The molecule has 1 N–H and O–H groups in total. The zero-order valence-corrected chi connectivity index (χ0v) is 32.9. The minimum Gasteiger partial charge on any atom is -0.456 e. The Balaban J connectivity index is 1.15. The van der Waals surface area contributed by atoms with E-state index in [0.717, 1.165) is 40.6 Å². The first-order valence-corrected chi connectivity index (χ1v) is 20.2. The van der Waals surface area contributed by atoms with E-state index in [1.807, 2.05) is 0 Å². The van der Waals surface area contributed by atoms with Crippen molar-refractivity contribution in [3.05, 3.63) is 162 Å². The van der Waals surface area contributed by atoms with Gasteiger partial charge >= 0.3 is 0 Å². The molecule has 2 aromatic heterocycles. The zero-order valence-electron chi connectivity index (χ0n) is 32.9. The molecule has 0 amide bonds. The van der Waals surface area contributed by atoms with E-state index in [2.05, 4.69) is 190 Å². The molecule has 0 spiro atoms. The number of fused-ring (bicyclic) bond motifs is 12. The summed E-state index contributed by atoms with van der Waals surface area (Å²) in [5.74, 6) is 0. The maximum atomic E-state index is 6.53. The highest BCUT2D eigenvalue weighted by atomic mass is 16.3. The first-order valence-electron chi connectivity index (χ1n) is 20.2. The van der Waals surface area contributed by atoms with Crippen molar-refractivity contribution >= 4 is 84.1 Å². The number of benzene rings is 8. The van der Waals surface area contributed by atoms with Gasteiger partial charge in [-0.05, 0) is 110 Å². The van der Waals surface area contributed by atoms with Crippen molar-refractivity contribution in [3.8, 4) is 27.9 Å². The molecule has 0 radical (unpaired) electrons. The monoisotopic (exact) mass is 732 g/mol. The fraction of sp³-hybridized carbons (Fsp3) is 0.132. The Hall–Kier alpha value is -6.52. The van der Waals surface area contributed by atoms with Crippen LogP contribution in [-0.2, 0) is 10.8 Å². The predicted octanol–water partition coefficient (Wildman–Crippen LogP) is 12.6. The fourth-order valence-corrected chi connectivity index (χ4v) is 10.2. The zero-order chi connectivity index (χ0) is 38.4. The quantitative estimate of drug-likeness (QED) is 0.183. The van der Waals surface area contributed by atoms with E-state index < -0.39 is 0 Å². The molecule has 0 bridgehead atoms. The van der Waals surface area contributed by atoms with Crippen LogP contribution in [0, 0.1) is 0 Å². The Morgan fingerprint density at radius 2 is 1.33 bits per heavy atom. The van der Waals surface area contributed by atoms with Gasteiger partial charge in [0.05, 0.1) is 5.52 Å². The number of nitrogens with zero attached hydrogens (tertiary/aromatic N) is 1. The lowest BCUT2D eigenvalue weighted by atomic mass is 9.59. The van der Waals surface area contributed by atoms with Gasteiger partial charge in [-0.2, -0.15) is 0 Å². The van der Waals surface area contributed by atoms with Gasteiger partial charge in [-0.25, -0.2) is 0 Å². The SMILES string of the molecule is CC(C)(C)c1ccc(Nc2cc3ccccc3cc2-c2ccc3c4cc5c(cc4n4c3c2Bc2cc3oc6ccccc6c3cc2-4)-c2ccccc2C5(C)C)cc1. The topological polar surface area (TPSA) is 30.1 Å². The highest BCUT2D eigenvalue weighted by molar-refractivity contribution is 6.73. The average molecular weight is 733 g/mol. The normalized spacial score (nSPS) is 14.0. The third-order valence-corrected chi connectivity index (χ3v) is 13.1. The number of hydrogen-bond acceptors (Lipinski definition) is 2. The molecule has 0 fully saturated rings. The number of para-hydroxylation sites is 1. The molecule has 1 aliphatic heterocycles. The van der Waals surface area contributed by atoms with Gasteiger partial charge in [-0.3, -0.25) is 0 Å². The minimum absolute atomic E-state index is 0.0893. The standard InChI is InChI=1S/C53H41BN2O/c1-52(2,3)32-18-20-33(21-19-32)55-45-25-31-13-7-6-12-30(31)24-39(45)36-22-23-37-40-26-43-38(34-14-8-10-16-42(34)53(43,4)5)27-46(40)56-47-28-41-35-15-9-11-17-48(35)57-49(41)29-44(47)54-50(36)51(37)56/h6-29,54-55H,1-5H3. The molecule has 0 saturated carbocycles. The maximum Gasteiger partial charge on any atom is 0.198 e. The van der Waals surface area contributed by atoms with Crippen molar-refractivity contribution in [1.82, 2.24) is 4.57 Å². The summed E-state index contributed by atoms with van der Waals surface area (Å²) in [6, 6.07) is 54.3. The number of anilines is 2. The van der Waals surface area contributed by atoms with Crippen LogP contribution < -0.4 is 16.2 Å². The Kier molecular flexibility index (Phi) is 6.48. The van der Waals surface area contributed by atoms with Gasteiger partial charge in [0, 0.05) is 55.1 Å². The van der Waals surface area contributed by atoms with E-state index in [1.54, 1.807) is 0 Å². The van der Waals surface area contributed by atoms with Crippen molar-refractivity contribution in [2.24, 2.45) is 0 Å². The lowest BCUT2D eigenvalue weighted by Gasteiger charge is -2.24. The summed E-state index contributed by atoms with van der Waals surface area (Å²) in [5.41, 5.74) is 19.7. The summed E-state index contributed by atoms with van der Waals surface area (Å²) >= 11 is 0. The summed E-state index contributed by atoms with van der Waals surface area (Å²) in [7, 11) is 0.798. The molecule has 0 saturated heterocycles. The molecule has 1 aliphatic carbocycles. The molecule has 3 nitrogen and oxygen atoms in total. The Labute approximate surface area is 332 Å². The molecule has 10 aromatic rings. The highest BCUT2D eigenvalue weighted by Crippen LogP contribution is 2.51. The van der Waals surface area contributed by atoms with Gasteiger partial charge in [-0.15, -0.1) is 0 Å². The molecule has 57 heavy (non-hydrogen) atoms. The van der Waals surface area contributed by atoms with Crippen LogP contribution in [0.1, 0.15) is 51.3 Å². The Morgan fingerprint density at radius 3 is 2.16 bits per heavy atom. The van der Waals surface area contributed by atoms with Crippen LogP contribution in [0.2, 0.25) is 0 Å². The maximum absolute atomic E-state index is 6.53. The van der Waals surface area contributed by atoms with Crippen molar-refractivity contribution in [1.29, 1.82) is 0 Å². The third-order valence-electron chi connectivity index (χ3n) is 13.1. The molecule has 3 heterocycles. The first-order chi connectivity index (χ1) is 27.6. The lowest BCUT2D eigenvalue weighted by molar-refractivity contribution is 0.590. The summed E-state index contributed by atoms with van der Waals surface area (Å²) in [5, 5.41) is 11.2. The number of aromatic nitrogens is 1. The third kappa shape index (κ3) is 4.62. The molecular weight excluding hydrogens is 691 g/mol. The van der Waals surface area contributed by atoms with E-state index in [-0.39, 0.29) is 10.8 Å². The second kappa shape index (κ2) is 11.3. The largest absolute Gasteiger partial charge is 0.456 e. The van der Waals surface area contributed by atoms with E-state index in [0.29, 0.717) is 0 Å². The first kappa shape index (κ1) is 32.7. The lowest BCUT2D eigenvalue weighted by Crippen LogP contribution is -2.37. The smallest absolute Gasteiger partial charge is 0.198 e. The molecule has 272 valence electrons. The van der Waals surface area contributed by atoms with Gasteiger partial charge in [0.15, 0.2) is 7.28 Å². The average Bonchev–Trinajstić information content (AvgIpc) is 3.82. The second-order valence-corrected chi connectivity index (χ2v) is 17.9. The van der Waals surface area contributed by atoms with Crippen molar-refractivity contribution in [3.63, 3.8) is 0 Å². The number of hydrogen-bond donors (Lipinski definition) is 1. The molecule has 4 heteroatoms. The van der Waals surface area contributed by atoms with Gasteiger partial charge in [-0.1, -0.05) is 131 Å². The molecule has 0 unspecified atom stereocenters. The van der Waals surface area contributed by atoms with Crippen molar-refractivity contribution in [2.75, 3.05) is 5.32 Å². The molecule has 12 rings (SSSR count). The van der Waals surface area contributed by atoms with Crippen LogP contribution in [0.25, 0.3) is 82.5 Å². The predicted molar refractivity (Wildman–Crippen MR) is 243 cm³/mol. The van der Waals surface area contributed by atoms with E-state index in [1.165, 1.54) is 88.1 Å². The van der Waals surface area contributed by atoms with Crippen LogP contribution in [0.5, 0.6) is 0 Å². The van der Waals surface area contributed by atoms with Crippen molar-refractivity contribution < 1.29 is 4.42 Å². The summed E-state index contributed by atoms with van der Waals surface area (Å²) in [4.78, 5) is 0. The minimum atomic E-state index is -0.0893. The van der Waals surface area contributed by atoms with E-state index in [4.69, 9.17) is 4.42 Å².